The minimum Gasteiger partial charge on any atom is -0.487 e. The number of rotatable bonds is 2. The predicted molar refractivity (Wildman–Crippen MR) is 84.9 cm³/mol. The minimum absolute atomic E-state index is 0.00834. The number of fused-ring (bicyclic) bond motifs is 1. The normalized spacial score (nSPS) is 15.9. The lowest BCUT2D eigenvalue weighted by molar-refractivity contribution is 0.0620. The Morgan fingerprint density at radius 2 is 2.18 bits per heavy atom. The molecule has 1 aliphatic rings. The first kappa shape index (κ1) is 14.7. The zero-order valence-electron chi connectivity index (χ0n) is 12.6. The van der Waals surface area contributed by atoms with Crippen molar-refractivity contribution in [3.8, 4) is 5.75 Å². The van der Waals surface area contributed by atoms with Gasteiger partial charge in [0.25, 0.3) is 5.91 Å². The second kappa shape index (κ2) is 5.21. The number of anilines is 1. The zero-order chi connectivity index (χ0) is 15.9. The molecule has 1 amide bonds. The first-order chi connectivity index (χ1) is 10.3. The van der Waals surface area contributed by atoms with E-state index < -0.39 is 5.60 Å². The third kappa shape index (κ3) is 2.87. The molecular weight excluding hydrogens is 300 g/mol. The lowest BCUT2D eigenvalue weighted by atomic mass is 9.92. The van der Waals surface area contributed by atoms with Crippen LogP contribution in [0.2, 0.25) is 0 Å². The number of hydrogen-bond donors (Lipinski definition) is 1. The fourth-order valence-electron chi connectivity index (χ4n) is 2.38. The van der Waals surface area contributed by atoms with Gasteiger partial charge in [-0.2, -0.15) is 0 Å². The van der Waals surface area contributed by atoms with Gasteiger partial charge in [0.05, 0.1) is 12.0 Å². The molecule has 22 heavy (non-hydrogen) atoms. The van der Waals surface area contributed by atoms with Crippen molar-refractivity contribution in [1.29, 1.82) is 0 Å². The Hall–Kier alpha value is -2.21. The van der Waals surface area contributed by atoms with E-state index in [0.29, 0.717) is 28.4 Å². The highest BCUT2D eigenvalue weighted by atomic mass is 32.1. The number of hydrogen-bond acceptors (Lipinski definition) is 5. The molecule has 1 aliphatic heterocycles. The SMILES string of the molecule is Cc1cnc(NC(=O)c2ccc3c(c2)C(=O)CC(C)(C)O3)s1. The van der Waals surface area contributed by atoms with Gasteiger partial charge in [0.1, 0.15) is 11.4 Å². The van der Waals surface area contributed by atoms with Crippen LogP contribution in [0.3, 0.4) is 0 Å². The molecule has 0 atom stereocenters. The van der Waals surface area contributed by atoms with Crippen LogP contribution in [-0.2, 0) is 0 Å². The van der Waals surface area contributed by atoms with Crippen molar-refractivity contribution >= 4 is 28.2 Å². The number of Topliss-reactive ketones (excluding diaryl/α,β-unsaturated/α-hetero) is 1. The Balaban J connectivity index is 1.86. The minimum atomic E-state index is -0.508. The summed E-state index contributed by atoms with van der Waals surface area (Å²) < 4.78 is 5.78. The van der Waals surface area contributed by atoms with Crippen LogP contribution in [-0.4, -0.2) is 22.3 Å². The van der Waals surface area contributed by atoms with Crippen molar-refractivity contribution < 1.29 is 14.3 Å². The average molecular weight is 316 g/mol. The zero-order valence-corrected chi connectivity index (χ0v) is 13.4. The topological polar surface area (TPSA) is 68.3 Å². The molecule has 0 saturated carbocycles. The molecule has 6 heteroatoms. The van der Waals surface area contributed by atoms with Gasteiger partial charge in [-0.05, 0) is 39.0 Å². The number of ether oxygens (including phenoxy) is 1. The summed E-state index contributed by atoms with van der Waals surface area (Å²) in [5.41, 5.74) is 0.372. The first-order valence-electron chi connectivity index (χ1n) is 6.94. The summed E-state index contributed by atoms with van der Waals surface area (Å²) in [4.78, 5) is 29.6. The highest BCUT2D eigenvalue weighted by Crippen LogP contribution is 2.33. The highest BCUT2D eigenvalue weighted by molar-refractivity contribution is 7.15. The highest BCUT2D eigenvalue weighted by Gasteiger charge is 2.32. The van der Waals surface area contributed by atoms with Gasteiger partial charge in [-0.1, -0.05) is 0 Å². The van der Waals surface area contributed by atoms with Gasteiger partial charge in [0.2, 0.25) is 0 Å². The summed E-state index contributed by atoms with van der Waals surface area (Å²) in [5, 5.41) is 3.28. The number of thiazole rings is 1. The van der Waals surface area contributed by atoms with Crippen LogP contribution in [0.1, 0.15) is 45.9 Å². The maximum atomic E-state index is 12.2. The standard InChI is InChI=1S/C16H16N2O3S/c1-9-8-17-15(22-9)18-14(20)10-4-5-13-11(6-10)12(19)7-16(2,3)21-13/h4-6,8H,7H2,1-3H3,(H,17,18,20). The Kier molecular flexibility index (Phi) is 3.48. The Labute approximate surface area is 132 Å². The molecule has 2 heterocycles. The number of benzene rings is 1. The van der Waals surface area contributed by atoms with Crippen LogP contribution in [0.15, 0.2) is 24.4 Å². The third-order valence-corrected chi connectivity index (χ3v) is 4.18. The van der Waals surface area contributed by atoms with E-state index in [0.717, 1.165) is 4.88 Å². The van der Waals surface area contributed by atoms with Crippen molar-refractivity contribution in [2.75, 3.05) is 5.32 Å². The van der Waals surface area contributed by atoms with Crippen LogP contribution in [0.5, 0.6) is 5.75 Å². The number of aromatic nitrogens is 1. The van der Waals surface area contributed by atoms with Crippen LogP contribution >= 0.6 is 11.3 Å². The quantitative estimate of drug-likeness (QED) is 0.921. The summed E-state index contributed by atoms with van der Waals surface area (Å²) in [6, 6.07) is 4.92. The Morgan fingerprint density at radius 1 is 1.41 bits per heavy atom. The number of carbonyl (C=O) groups is 2. The molecule has 0 fully saturated rings. The molecule has 0 saturated heterocycles. The molecule has 1 aromatic carbocycles. The van der Waals surface area contributed by atoms with Gasteiger partial charge >= 0.3 is 0 Å². The second-order valence-corrected chi connectivity index (χ2v) is 7.14. The molecule has 0 spiro atoms. The molecule has 0 bridgehead atoms. The van der Waals surface area contributed by atoms with E-state index in [-0.39, 0.29) is 11.7 Å². The van der Waals surface area contributed by atoms with Gasteiger partial charge in [-0.3, -0.25) is 14.9 Å². The van der Waals surface area contributed by atoms with Crippen molar-refractivity contribution in [2.45, 2.75) is 32.8 Å². The van der Waals surface area contributed by atoms with Crippen molar-refractivity contribution in [3.05, 3.63) is 40.4 Å². The first-order valence-corrected chi connectivity index (χ1v) is 7.76. The summed E-state index contributed by atoms with van der Waals surface area (Å²) >= 11 is 1.41. The molecule has 2 aromatic rings. The average Bonchev–Trinajstić information content (AvgIpc) is 2.82. The number of aryl methyl sites for hydroxylation is 1. The fraction of sp³-hybridized carbons (Fsp3) is 0.312. The van der Waals surface area contributed by atoms with E-state index in [1.54, 1.807) is 24.4 Å². The van der Waals surface area contributed by atoms with Crippen LogP contribution in [0.25, 0.3) is 0 Å². The smallest absolute Gasteiger partial charge is 0.257 e. The summed E-state index contributed by atoms with van der Waals surface area (Å²) in [6.07, 6.45) is 2.00. The van der Waals surface area contributed by atoms with E-state index in [9.17, 15) is 9.59 Å². The molecule has 0 radical (unpaired) electrons. The van der Waals surface area contributed by atoms with Crippen LogP contribution < -0.4 is 10.1 Å². The number of nitrogens with zero attached hydrogens (tertiary/aromatic N) is 1. The number of ketones is 1. The molecule has 5 nitrogen and oxygen atoms in total. The monoisotopic (exact) mass is 316 g/mol. The van der Waals surface area contributed by atoms with E-state index in [1.165, 1.54) is 11.3 Å². The molecular formula is C16H16N2O3S. The van der Waals surface area contributed by atoms with E-state index >= 15 is 0 Å². The van der Waals surface area contributed by atoms with E-state index in [1.807, 2.05) is 20.8 Å². The third-order valence-electron chi connectivity index (χ3n) is 3.36. The fourth-order valence-corrected chi connectivity index (χ4v) is 3.04. The van der Waals surface area contributed by atoms with Crippen LogP contribution in [0.4, 0.5) is 5.13 Å². The van der Waals surface area contributed by atoms with E-state index in [2.05, 4.69) is 10.3 Å². The maximum Gasteiger partial charge on any atom is 0.257 e. The van der Waals surface area contributed by atoms with Gasteiger partial charge in [-0.15, -0.1) is 11.3 Å². The molecule has 1 N–H and O–H groups in total. The van der Waals surface area contributed by atoms with Gasteiger partial charge in [-0.25, -0.2) is 4.98 Å². The molecule has 1 aromatic heterocycles. The van der Waals surface area contributed by atoms with Crippen molar-refractivity contribution in [1.82, 2.24) is 4.98 Å². The number of amides is 1. The van der Waals surface area contributed by atoms with Gasteiger partial charge in [0.15, 0.2) is 10.9 Å². The van der Waals surface area contributed by atoms with Crippen LogP contribution in [0, 0.1) is 6.92 Å². The molecule has 3 rings (SSSR count). The molecule has 0 aliphatic carbocycles. The van der Waals surface area contributed by atoms with E-state index in [4.69, 9.17) is 4.74 Å². The predicted octanol–water partition coefficient (Wildman–Crippen LogP) is 3.45. The lowest BCUT2D eigenvalue weighted by Crippen LogP contribution is -2.36. The van der Waals surface area contributed by atoms with Gasteiger partial charge < -0.3 is 4.74 Å². The number of nitrogens with one attached hydrogen (secondary N) is 1. The molecule has 0 unspecified atom stereocenters. The number of carbonyl (C=O) groups excluding carboxylic acids is 2. The summed E-state index contributed by atoms with van der Waals surface area (Å²) in [5.74, 6) is 0.240. The Bertz CT molecular complexity index is 765. The lowest BCUT2D eigenvalue weighted by Gasteiger charge is -2.31. The largest absolute Gasteiger partial charge is 0.487 e. The summed E-state index contributed by atoms with van der Waals surface area (Å²) in [6.45, 7) is 5.67. The van der Waals surface area contributed by atoms with Crippen molar-refractivity contribution in [2.24, 2.45) is 0 Å². The summed E-state index contributed by atoms with van der Waals surface area (Å²) in [7, 11) is 0. The van der Waals surface area contributed by atoms with Crippen molar-refractivity contribution in [3.63, 3.8) is 0 Å². The second-order valence-electron chi connectivity index (χ2n) is 5.90. The molecule has 114 valence electrons. The maximum absolute atomic E-state index is 12.2. The Morgan fingerprint density at radius 3 is 2.86 bits per heavy atom. The van der Waals surface area contributed by atoms with Gasteiger partial charge in [0, 0.05) is 16.6 Å².